The van der Waals surface area contributed by atoms with Gasteiger partial charge in [0.15, 0.2) is 4.96 Å². The molecule has 13 nitrogen and oxygen atoms in total. The number of hydrogen-bond donors (Lipinski definition) is 2. The molecule has 2 bridgehead atoms. The molecule has 3 aromatic heterocycles. The van der Waals surface area contributed by atoms with Crippen molar-refractivity contribution in [2.75, 3.05) is 19.6 Å². The van der Waals surface area contributed by atoms with E-state index in [1.807, 2.05) is 35.7 Å². The first-order chi connectivity index (χ1) is 20.4. The number of nitrogens with zero attached hydrogens (tertiary/aromatic N) is 7. The van der Waals surface area contributed by atoms with Crippen molar-refractivity contribution >= 4 is 39.9 Å². The third kappa shape index (κ3) is 5.62. The number of aryl methyl sites for hydroxylation is 2. The highest BCUT2D eigenvalue weighted by Crippen LogP contribution is 2.22. The Morgan fingerprint density at radius 3 is 2.79 bits per heavy atom. The molecule has 14 heteroatoms. The van der Waals surface area contributed by atoms with Gasteiger partial charge in [0.1, 0.15) is 23.5 Å². The van der Waals surface area contributed by atoms with Gasteiger partial charge in [0.05, 0.1) is 25.0 Å². The van der Waals surface area contributed by atoms with Crippen molar-refractivity contribution in [2.45, 2.75) is 51.4 Å². The van der Waals surface area contributed by atoms with Crippen LogP contribution in [0.15, 0.2) is 48.1 Å². The lowest BCUT2D eigenvalue weighted by atomic mass is 10.0. The molecule has 2 aliphatic heterocycles. The standard InChI is InChI=1S/C28H31N9O4S/c1-18-24(37-12-13-42-28(37)30-18)27(41)34-10-11-36-22(17-34)25(39)29-15-20-16-35(33-32-20)9-5-8-23(38)31-21(26(36)40)14-19-6-3-2-4-7-19/h2-4,6-7,12-13,16,21-22H,5,8-11,14-15,17H2,1H3,(H,29,39)(H,31,38)/t21-,22+/m0/s1. The Kier molecular flexibility index (Phi) is 7.69. The fourth-order valence-electron chi connectivity index (χ4n) is 5.50. The number of rotatable bonds is 3. The number of amides is 4. The summed E-state index contributed by atoms with van der Waals surface area (Å²) in [5.74, 6) is -1.29. The van der Waals surface area contributed by atoms with Crippen molar-refractivity contribution in [3.63, 3.8) is 0 Å². The van der Waals surface area contributed by atoms with Crippen LogP contribution in [0.5, 0.6) is 0 Å². The van der Waals surface area contributed by atoms with Crippen LogP contribution in [0.2, 0.25) is 0 Å². The fraction of sp³-hybridized carbons (Fsp3) is 0.393. The Balaban J connectivity index is 1.31. The highest BCUT2D eigenvalue weighted by molar-refractivity contribution is 7.15. The maximum Gasteiger partial charge on any atom is 0.272 e. The first kappa shape index (κ1) is 27.6. The van der Waals surface area contributed by atoms with E-state index in [9.17, 15) is 19.2 Å². The van der Waals surface area contributed by atoms with Gasteiger partial charge in [0.25, 0.3) is 5.91 Å². The second-order valence-corrected chi connectivity index (χ2v) is 11.4. The van der Waals surface area contributed by atoms with Crippen LogP contribution in [0, 0.1) is 6.92 Å². The Morgan fingerprint density at radius 1 is 1.12 bits per heavy atom. The van der Waals surface area contributed by atoms with Crippen LogP contribution in [0.1, 0.15) is 40.3 Å². The minimum Gasteiger partial charge on any atom is -0.348 e. The van der Waals surface area contributed by atoms with E-state index in [0.717, 1.165) is 5.56 Å². The van der Waals surface area contributed by atoms with E-state index in [0.29, 0.717) is 35.0 Å². The maximum atomic E-state index is 14.1. The first-order valence-corrected chi connectivity index (χ1v) is 14.8. The molecular formula is C28H31N9O4S. The molecule has 0 spiro atoms. The van der Waals surface area contributed by atoms with Crippen LogP contribution in [0.3, 0.4) is 0 Å². The van der Waals surface area contributed by atoms with Crippen molar-refractivity contribution < 1.29 is 19.2 Å². The SMILES string of the molecule is Cc1nc2sccn2c1C(=O)N1CCN2C(=O)[C@H](Cc3ccccc3)NC(=O)CCCn3cc(nn3)CNC(=O)[C@H]2C1. The number of benzene rings is 1. The van der Waals surface area contributed by atoms with E-state index in [1.165, 1.54) is 16.2 Å². The second kappa shape index (κ2) is 11.7. The maximum absolute atomic E-state index is 14.1. The Morgan fingerprint density at radius 2 is 1.95 bits per heavy atom. The number of hydrogen-bond acceptors (Lipinski definition) is 8. The molecule has 0 aliphatic carbocycles. The number of fused-ring (bicyclic) bond motifs is 4. The minimum absolute atomic E-state index is 0.00802. The van der Waals surface area contributed by atoms with Gasteiger partial charge in [-0.05, 0) is 18.9 Å². The zero-order chi connectivity index (χ0) is 29.2. The van der Waals surface area contributed by atoms with Gasteiger partial charge < -0.3 is 20.4 Å². The third-order valence-corrected chi connectivity index (χ3v) is 8.39. The molecule has 5 heterocycles. The van der Waals surface area contributed by atoms with Crippen LogP contribution in [-0.4, -0.2) is 89.5 Å². The predicted octanol–water partition coefficient (Wildman–Crippen LogP) is 0.786. The van der Waals surface area contributed by atoms with Gasteiger partial charge in [-0.25, -0.2) is 4.98 Å². The number of carbonyl (C=O) groups excluding carboxylic acids is 4. The summed E-state index contributed by atoms with van der Waals surface area (Å²) in [7, 11) is 0. The lowest BCUT2D eigenvalue weighted by molar-refractivity contribution is -0.146. The Hall–Kier alpha value is -4.59. The van der Waals surface area contributed by atoms with Crippen molar-refractivity contribution in [2.24, 2.45) is 0 Å². The quantitative estimate of drug-likeness (QED) is 0.359. The molecule has 4 aromatic rings. The number of piperazine rings is 1. The zero-order valence-electron chi connectivity index (χ0n) is 23.1. The van der Waals surface area contributed by atoms with E-state index < -0.39 is 18.0 Å². The number of imidazole rings is 1. The summed E-state index contributed by atoms with van der Waals surface area (Å²) in [4.78, 5) is 62.8. The summed E-state index contributed by atoms with van der Waals surface area (Å²) in [6.45, 7) is 2.73. The molecule has 0 radical (unpaired) electrons. The highest BCUT2D eigenvalue weighted by atomic mass is 32.1. The lowest BCUT2D eigenvalue weighted by Gasteiger charge is -2.41. The van der Waals surface area contributed by atoms with Gasteiger partial charge in [-0.2, -0.15) is 0 Å². The van der Waals surface area contributed by atoms with Gasteiger partial charge >= 0.3 is 0 Å². The second-order valence-electron chi connectivity index (χ2n) is 10.5. The van der Waals surface area contributed by atoms with Gasteiger partial charge in [-0.15, -0.1) is 16.4 Å². The molecule has 218 valence electrons. The van der Waals surface area contributed by atoms with Crippen LogP contribution in [-0.2, 0) is 33.9 Å². The van der Waals surface area contributed by atoms with Crippen LogP contribution in [0.25, 0.3) is 4.96 Å². The van der Waals surface area contributed by atoms with E-state index in [-0.39, 0.29) is 56.7 Å². The number of nitrogens with one attached hydrogen (secondary N) is 2. The summed E-state index contributed by atoms with van der Waals surface area (Å²) >= 11 is 1.43. The van der Waals surface area contributed by atoms with Crippen LogP contribution >= 0.6 is 11.3 Å². The van der Waals surface area contributed by atoms with E-state index >= 15 is 0 Å². The summed E-state index contributed by atoms with van der Waals surface area (Å²) in [5.41, 5.74) is 2.48. The molecule has 0 saturated carbocycles. The molecular weight excluding hydrogens is 558 g/mol. The average molecular weight is 590 g/mol. The van der Waals surface area contributed by atoms with E-state index in [1.54, 1.807) is 33.3 Å². The van der Waals surface area contributed by atoms with E-state index in [2.05, 4.69) is 25.9 Å². The molecule has 1 fully saturated rings. The summed E-state index contributed by atoms with van der Waals surface area (Å²) in [6.07, 6.45) is 4.52. The van der Waals surface area contributed by atoms with E-state index in [4.69, 9.17) is 0 Å². The molecule has 2 N–H and O–H groups in total. The molecule has 2 atom stereocenters. The number of aromatic nitrogens is 5. The van der Waals surface area contributed by atoms with Crippen LogP contribution in [0.4, 0.5) is 0 Å². The van der Waals surface area contributed by atoms with Gasteiger partial charge in [-0.3, -0.25) is 28.3 Å². The smallest absolute Gasteiger partial charge is 0.272 e. The van der Waals surface area contributed by atoms with Gasteiger partial charge in [0.2, 0.25) is 17.7 Å². The minimum atomic E-state index is -0.975. The predicted molar refractivity (Wildman–Crippen MR) is 152 cm³/mol. The lowest BCUT2D eigenvalue weighted by Crippen LogP contribution is -2.64. The van der Waals surface area contributed by atoms with Crippen molar-refractivity contribution in [3.8, 4) is 0 Å². The number of thiazole rings is 1. The van der Waals surface area contributed by atoms with Gasteiger partial charge in [0, 0.05) is 44.1 Å². The highest BCUT2D eigenvalue weighted by Gasteiger charge is 2.40. The zero-order valence-corrected chi connectivity index (χ0v) is 23.9. The summed E-state index contributed by atoms with van der Waals surface area (Å²) < 4.78 is 3.39. The van der Waals surface area contributed by atoms with Crippen molar-refractivity contribution in [3.05, 3.63) is 70.8 Å². The molecule has 6 rings (SSSR count). The Labute approximate surface area is 245 Å². The van der Waals surface area contributed by atoms with Crippen LogP contribution < -0.4 is 10.6 Å². The normalized spacial score (nSPS) is 20.5. The monoisotopic (exact) mass is 589 g/mol. The Bertz CT molecular complexity index is 1630. The molecule has 4 amide bonds. The first-order valence-electron chi connectivity index (χ1n) is 13.9. The van der Waals surface area contributed by atoms with Crippen molar-refractivity contribution in [1.82, 2.24) is 44.8 Å². The molecule has 1 aromatic carbocycles. The topological polar surface area (TPSA) is 147 Å². The largest absolute Gasteiger partial charge is 0.348 e. The number of carbonyl (C=O) groups is 4. The fourth-order valence-corrected chi connectivity index (χ4v) is 6.26. The molecule has 1 saturated heterocycles. The summed E-state index contributed by atoms with van der Waals surface area (Å²) in [5, 5.41) is 15.9. The molecule has 42 heavy (non-hydrogen) atoms. The van der Waals surface area contributed by atoms with Crippen molar-refractivity contribution in [1.29, 1.82) is 0 Å². The molecule has 0 unspecified atom stereocenters. The average Bonchev–Trinajstić information content (AvgIpc) is 3.71. The molecule has 2 aliphatic rings. The van der Waals surface area contributed by atoms with Gasteiger partial charge in [-0.1, -0.05) is 35.5 Å². The third-order valence-electron chi connectivity index (χ3n) is 7.63. The summed E-state index contributed by atoms with van der Waals surface area (Å²) in [6, 6.07) is 7.60.